The molecule has 0 spiro atoms. The lowest BCUT2D eigenvalue weighted by Crippen LogP contribution is -2.15. The van der Waals surface area contributed by atoms with Crippen LogP contribution in [0.2, 0.25) is 0 Å². The number of hydrogen-bond donors (Lipinski definition) is 1. The first-order valence-electron chi connectivity index (χ1n) is 6.72. The standard InChI is InChI=1S/C16H16FNO3/c1-19-14-5-3-12(9-13(14)17)18-10-11-2-4-15-16(8-11)21-7-6-20-15/h2-5,8-9,18H,6-7,10H2,1H3. The van der Waals surface area contributed by atoms with E-state index in [-0.39, 0.29) is 11.6 Å². The third-order valence-corrected chi connectivity index (χ3v) is 3.26. The summed E-state index contributed by atoms with van der Waals surface area (Å²) in [6, 6.07) is 10.6. The molecule has 0 aromatic heterocycles. The van der Waals surface area contributed by atoms with Crippen LogP contribution in [0.25, 0.3) is 0 Å². The highest BCUT2D eigenvalue weighted by Crippen LogP contribution is 2.31. The Kier molecular flexibility index (Phi) is 3.81. The van der Waals surface area contributed by atoms with E-state index in [2.05, 4.69) is 5.32 Å². The molecule has 110 valence electrons. The van der Waals surface area contributed by atoms with Crippen LogP contribution in [-0.2, 0) is 6.54 Å². The van der Waals surface area contributed by atoms with Crippen LogP contribution < -0.4 is 19.5 Å². The topological polar surface area (TPSA) is 39.7 Å². The molecule has 0 atom stereocenters. The van der Waals surface area contributed by atoms with E-state index >= 15 is 0 Å². The SMILES string of the molecule is COc1ccc(NCc2ccc3c(c2)OCCO3)cc1F. The van der Waals surface area contributed by atoms with Gasteiger partial charge in [-0.2, -0.15) is 0 Å². The molecule has 0 saturated carbocycles. The highest BCUT2D eigenvalue weighted by molar-refractivity contribution is 5.49. The molecule has 2 aromatic carbocycles. The van der Waals surface area contributed by atoms with Gasteiger partial charge in [0.2, 0.25) is 0 Å². The van der Waals surface area contributed by atoms with Crippen LogP contribution >= 0.6 is 0 Å². The van der Waals surface area contributed by atoms with Crippen LogP contribution in [0.4, 0.5) is 10.1 Å². The molecule has 0 saturated heterocycles. The number of rotatable bonds is 4. The van der Waals surface area contributed by atoms with Gasteiger partial charge in [-0.3, -0.25) is 0 Å². The lowest BCUT2D eigenvalue weighted by molar-refractivity contribution is 0.171. The number of fused-ring (bicyclic) bond motifs is 1. The molecule has 1 N–H and O–H groups in total. The monoisotopic (exact) mass is 289 g/mol. The number of methoxy groups -OCH3 is 1. The molecule has 0 fully saturated rings. The summed E-state index contributed by atoms with van der Waals surface area (Å²) in [6.07, 6.45) is 0. The summed E-state index contributed by atoms with van der Waals surface area (Å²) in [7, 11) is 1.45. The van der Waals surface area contributed by atoms with E-state index in [0.29, 0.717) is 25.4 Å². The van der Waals surface area contributed by atoms with Crippen LogP contribution in [-0.4, -0.2) is 20.3 Å². The normalized spacial score (nSPS) is 12.9. The summed E-state index contributed by atoms with van der Waals surface area (Å²) >= 11 is 0. The molecule has 0 unspecified atom stereocenters. The molecule has 0 aliphatic carbocycles. The number of nitrogens with one attached hydrogen (secondary N) is 1. The number of ether oxygens (including phenoxy) is 3. The maximum absolute atomic E-state index is 13.6. The Hall–Kier alpha value is -2.43. The molecule has 1 aliphatic rings. The zero-order valence-corrected chi connectivity index (χ0v) is 11.7. The minimum atomic E-state index is -0.385. The lowest BCUT2D eigenvalue weighted by Gasteiger charge is -2.19. The van der Waals surface area contributed by atoms with E-state index in [9.17, 15) is 4.39 Å². The van der Waals surface area contributed by atoms with Gasteiger partial charge in [0.15, 0.2) is 23.1 Å². The first-order valence-corrected chi connectivity index (χ1v) is 6.72. The van der Waals surface area contributed by atoms with Gasteiger partial charge in [-0.05, 0) is 29.8 Å². The molecular formula is C16H16FNO3. The molecule has 1 heterocycles. The fourth-order valence-electron chi connectivity index (χ4n) is 2.18. The number of anilines is 1. The van der Waals surface area contributed by atoms with Crippen molar-refractivity contribution in [2.75, 3.05) is 25.6 Å². The highest BCUT2D eigenvalue weighted by Gasteiger charge is 2.11. The second kappa shape index (κ2) is 5.91. The summed E-state index contributed by atoms with van der Waals surface area (Å²) in [6.45, 7) is 1.71. The first kappa shape index (κ1) is 13.5. The molecule has 2 aromatic rings. The van der Waals surface area contributed by atoms with Crippen LogP contribution in [0.15, 0.2) is 36.4 Å². The number of halogens is 1. The molecule has 4 nitrogen and oxygen atoms in total. The molecule has 0 bridgehead atoms. The Morgan fingerprint density at radius 1 is 1.10 bits per heavy atom. The van der Waals surface area contributed by atoms with Gasteiger partial charge in [-0.15, -0.1) is 0 Å². The average Bonchev–Trinajstić information content (AvgIpc) is 2.53. The van der Waals surface area contributed by atoms with Crippen molar-refractivity contribution in [3.63, 3.8) is 0 Å². The zero-order valence-electron chi connectivity index (χ0n) is 11.7. The lowest BCUT2D eigenvalue weighted by atomic mass is 10.2. The minimum Gasteiger partial charge on any atom is -0.494 e. The van der Waals surface area contributed by atoms with E-state index in [4.69, 9.17) is 14.2 Å². The van der Waals surface area contributed by atoms with Crippen molar-refractivity contribution >= 4 is 5.69 Å². The zero-order chi connectivity index (χ0) is 14.7. The van der Waals surface area contributed by atoms with Crippen molar-refractivity contribution < 1.29 is 18.6 Å². The van der Waals surface area contributed by atoms with Crippen molar-refractivity contribution in [3.05, 3.63) is 47.8 Å². The van der Waals surface area contributed by atoms with Crippen molar-refractivity contribution in [1.29, 1.82) is 0 Å². The Bertz CT molecular complexity index is 645. The molecule has 5 heteroatoms. The predicted octanol–water partition coefficient (Wildman–Crippen LogP) is 3.22. The van der Waals surface area contributed by atoms with Gasteiger partial charge in [0.25, 0.3) is 0 Å². The van der Waals surface area contributed by atoms with Gasteiger partial charge in [-0.1, -0.05) is 6.07 Å². The molecular weight excluding hydrogens is 273 g/mol. The first-order chi connectivity index (χ1) is 10.3. The summed E-state index contributed by atoms with van der Waals surface area (Å²) < 4.78 is 29.5. The van der Waals surface area contributed by atoms with Crippen LogP contribution in [0.3, 0.4) is 0 Å². The maximum Gasteiger partial charge on any atom is 0.167 e. The number of hydrogen-bond acceptors (Lipinski definition) is 4. The van der Waals surface area contributed by atoms with E-state index in [0.717, 1.165) is 17.1 Å². The average molecular weight is 289 g/mol. The second-order valence-electron chi connectivity index (χ2n) is 4.68. The van der Waals surface area contributed by atoms with E-state index in [1.54, 1.807) is 12.1 Å². The summed E-state index contributed by atoms with van der Waals surface area (Å²) in [5.41, 5.74) is 1.73. The quantitative estimate of drug-likeness (QED) is 0.938. The van der Waals surface area contributed by atoms with Crippen molar-refractivity contribution in [1.82, 2.24) is 0 Å². The van der Waals surface area contributed by atoms with Crippen LogP contribution in [0, 0.1) is 5.82 Å². The largest absolute Gasteiger partial charge is 0.494 e. The summed E-state index contributed by atoms with van der Waals surface area (Å²) in [5, 5.41) is 3.17. The van der Waals surface area contributed by atoms with Gasteiger partial charge in [0, 0.05) is 18.3 Å². The fourth-order valence-corrected chi connectivity index (χ4v) is 2.18. The number of benzene rings is 2. The maximum atomic E-state index is 13.6. The van der Waals surface area contributed by atoms with Crippen LogP contribution in [0.5, 0.6) is 17.2 Å². The van der Waals surface area contributed by atoms with E-state index < -0.39 is 0 Å². The third-order valence-electron chi connectivity index (χ3n) is 3.26. The second-order valence-corrected chi connectivity index (χ2v) is 4.68. The van der Waals surface area contributed by atoms with Crippen molar-refractivity contribution in [3.8, 4) is 17.2 Å². The van der Waals surface area contributed by atoms with Crippen molar-refractivity contribution in [2.24, 2.45) is 0 Å². The van der Waals surface area contributed by atoms with Gasteiger partial charge in [0.1, 0.15) is 13.2 Å². The molecule has 0 amide bonds. The third kappa shape index (κ3) is 3.02. The van der Waals surface area contributed by atoms with Gasteiger partial charge in [-0.25, -0.2) is 4.39 Å². The fraction of sp³-hybridized carbons (Fsp3) is 0.250. The molecule has 3 rings (SSSR count). The summed E-state index contributed by atoms with van der Waals surface area (Å²) in [5.74, 6) is 1.37. The van der Waals surface area contributed by atoms with Crippen LogP contribution in [0.1, 0.15) is 5.56 Å². The van der Waals surface area contributed by atoms with Gasteiger partial charge in [0.05, 0.1) is 7.11 Å². The summed E-state index contributed by atoms with van der Waals surface area (Å²) in [4.78, 5) is 0. The van der Waals surface area contributed by atoms with Gasteiger partial charge < -0.3 is 19.5 Å². The Morgan fingerprint density at radius 3 is 2.67 bits per heavy atom. The highest BCUT2D eigenvalue weighted by atomic mass is 19.1. The van der Waals surface area contributed by atoms with E-state index in [1.165, 1.54) is 13.2 Å². The van der Waals surface area contributed by atoms with Gasteiger partial charge >= 0.3 is 0 Å². The van der Waals surface area contributed by atoms with Crippen molar-refractivity contribution in [2.45, 2.75) is 6.54 Å². The molecule has 21 heavy (non-hydrogen) atoms. The predicted molar refractivity (Wildman–Crippen MR) is 77.7 cm³/mol. The van der Waals surface area contributed by atoms with E-state index in [1.807, 2.05) is 18.2 Å². The smallest absolute Gasteiger partial charge is 0.167 e. The molecule has 0 radical (unpaired) electrons. The minimum absolute atomic E-state index is 0.236. The Balaban J connectivity index is 1.68. The Labute approximate surface area is 122 Å². The Morgan fingerprint density at radius 2 is 1.90 bits per heavy atom. The molecule has 1 aliphatic heterocycles.